The molecule has 17 heavy (non-hydrogen) atoms. The van der Waals surface area contributed by atoms with Crippen molar-refractivity contribution in [3.05, 3.63) is 12.0 Å². The number of aromatic nitrogens is 4. The van der Waals surface area contributed by atoms with E-state index in [2.05, 4.69) is 15.1 Å². The molecule has 90 valence electrons. The Kier molecular flexibility index (Phi) is 2.44. The summed E-state index contributed by atoms with van der Waals surface area (Å²) in [5.74, 6) is 0.481. The minimum Gasteiger partial charge on any atom is -0.383 e. The van der Waals surface area contributed by atoms with Crippen molar-refractivity contribution in [1.29, 1.82) is 0 Å². The van der Waals surface area contributed by atoms with Crippen molar-refractivity contribution in [1.82, 2.24) is 19.7 Å². The first-order valence-electron chi connectivity index (χ1n) is 5.84. The molecule has 0 aliphatic carbocycles. The largest absolute Gasteiger partial charge is 0.383 e. The van der Waals surface area contributed by atoms with E-state index in [0.717, 1.165) is 42.6 Å². The Bertz CT molecular complexity index is 544. The van der Waals surface area contributed by atoms with Gasteiger partial charge in [-0.3, -0.25) is 0 Å². The first kappa shape index (κ1) is 10.5. The average Bonchev–Trinajstić information content (AvgIpc) is 2.69. The number of hydrogen-bond donors (Lipinski definition) is 1. The highest BCUT2D eigenvalue weighted by Gasteiger charge is 2.21. The lowest BCUT2D eigenvalue weighted by Gasteiger charge is -2.22. The van der Waals surface area contributed by atoms with E-state index in [0.29, 0.717) is 5.82 Å². The fourth-order valence-electron chi connectivity index (χ4n) is 2.29. The lowest BCUT2D eigenvalue weighted by Crippen LogP contribution is -2.19. The minimum atomic E-state index is -0.0192. The van der Waals surface area contributed by atoms with Gasteiger partial charge in [-0.05, 0) is 26.2 Å². The van der Waals surface area contributed by atoms with Gasteiger partial charge in [-0.2, -0.15) is 5.10 Å². The second kappa shape index (κ2) is 3.96. The first-order valence-corrected chi connectivity index (χ1v) is 5.84. The second-order valence-corrected chi connectivity index (χ2v) is 4.31. The Morgan fingerprint density at radius 3 is 3.06 bits per heavy atom. The number of ether oxygens (including phenoxy) is 1. The van der Waals surface area contributed by atoms with Crippen LogP contribution in [0.2, 0.25) is 0 Å². The molecule has 6 heteroatoms. The highest BCUT2D eigenvalue weighted by atomic mass is 16.5. The number of aryl methyl sites for hydroxylation is 1. The zero-order valence-electron chi connectivity index (χ0n) is 9.76. The van der Waals surface area contributed by atoms with Gasteiger partial charge in [0, 0.05) is 6.61 Å². The number of nitrogens with zero attached hydrogens (tertiary/aromatic N) is 4. The van der Waals surface area contributed by atoms with Crippen molar-refractivity contribution in [2.24, 2.45) is 0 Å². The molecule has 0 radical (unpaired) electrons. The topological polar surface area (TPSA) is 78.8 Å². The van der Waals surface area contributed by atoms with Crippen molar-refractivity contribution < 1.29 is 4.74 Å². The number of rotatable bonds is 1. The van der Waals surface area contributed by atoms with E-state index in [4.69, 9.17) is 10.5 Å². The van der Waals surface area contributed by atoms with Gasteiger partial charge in [-0.15, -0.1) is 0 Å². The van der Waals surface area contributed by atoms with Crippen LogP contribution in [0, 0.1) is 6.92 Å². The van der Waals surface area contributed by atoms with E-state index >= 15 is 0 Å². The average molecular weight is 233 g/mol. The number of fused-ring (bicyclic) bond motifs is 1. The van der Waals surface area contributed by atoms with Crippen LogP contribution in [-0.4, -0.2) is 26.4 Å². The molecule has 0 spiro atoms. The van der Waals surface area contributed by atoms with E-state index < -0.39 is 0 Å². The minimum absolute atomic E-state index is 0.0192. The maximum atomic E-state index is 5.85. The van der Waals surface area contributed by atoms with Gasteiger partial charge in [-0.1, -0.05) is 0 Å². The molecule has 0 amide bonds. The quantitative estimate of drug-likeness (QED) is 0.805. The van der Waals surface area contributed by atoms with Crippen molar-refractivity contribution in [2.45, 2.75) is 32.4 Å². The summed E-state index contributed by atoms with van der Waals surface area (Å²) in [6, 6.07) is 0. The standard InChI is InChI=1S/C11H15N5O/c1-7-9-10(12)13-6-14-11(9)16(15-7)8-4-2-3-5-17-8/h6,8H,2-5H2,1H3,(H2,12,13,14). The van der Waals surface area contributed by atoms with Gasteiger partial charge in [0.05, 0.1) is 11.1 Å². The van der Waals surface area contributed by atoms with Gasteiger partial charge in [0.1, 0.15) is 12.1 Å². The number of nitrogen functional groups attached to an aromatic ring is 1. The fourth-order valence-corrected chi connectivity index (χ4v) is 2.29. The summed E-state index contributed by atoms with van der Waals surface area (Å²) in [6.07, 6.45) is 4.70. The highest BCUT2D eigenvalue weighted by Crippen LogP contribution is 2.28. The smallest absolute Gasteiger partial charge is 0.166 e. The maximum absolute atomic E-state index is 5.85. The third-order valence-electron chi connectivity index (χ3n) is 3.12. The van der Waals surface area contributed by atoms with E-state index in [1.807, 2.05) is 11.6 Å². The Morgan fingerprint density at radius 2 is 2.29 bits per heavy atom. The van der Waals surface area contributed by atoms with Gasteiger partial charge in [0.25, 0.3) is 0 Å². The molecule has 0 bridgehead atoms. The summed E-state index contributed by atoms with van der Waals surface area (Å²) in [5.41, 5.74) is 7.47. The molecular weight excluding hydrogens is 218 g/mol. The van der Waals surface area contributed by atoms with Gasteiger partial charge in [-0.25, -0.2) is 14.6 Å². The molecule has 1 unspecified atom stereocenters. The zero-order valence-corrected chi connectivity index (χ0v) is 9.76. The normalized spacial score (nSPS) is 20.9. The van der Waals surface area contributed by atoms with Crippen LogP contribution in [0.1, 0.15) is 31.2 Å². The van der Waals surface area contributed by atoms with Crippen molar-refractivity contribution in [3.63, 3.8) is 0 Å². The van der Waals surface area contributed by atoms with Gasteiger partial charge in [0.2, 0.25) is 0 Å². The molecule has 1 saturated heterocycles. The van der Waals surface area contributed by atoms with Gasteiger partial charge >= 0.3 is 0 Å². The van der Waals surface area contributed by atoms with E-state index in [1.54, 1.807) is 0 Å². The molecule has 1 aliphatic rings. The molecule has 1 fully saturated rings. The van der Waals surface area contributed by atoms with E-state index in [1.165, 1.54) is 6.33 Å². The molecule has 3 rings (SSSR count). The molecule has 6 nitrogen and oxygen atoms in total. The summed E-state index contributed by atoms with van der Waals surface area (Å²) >= 11 is 0. The maximum Gasteiger partial charge on any atom is 0.166 e. The summed E-state index contributed by atoms with van der Waals surface area (Å²) in [6.45, 7) is 2.70. The second-order valence-electron chi connectivity index (χ2n) is 4.31. The predicted octanol–water partition coefficient (Wildman–Crippen LogP) is 1.42. The Balaban J connectivity index is 2.13. The van der Waals surface area contributed by atoms with E-state index in [-0.39, 0.29) is 6.23 Å². The van der Waals surface area contributed by atoms with Crippen LogP contribution in [0.25, 0.3) is 11.0 Å². The highest BCUT2D eigenvalue weighted by molar-refractivity contribution is 5.87. The van der Waals surface area contributed by atoms with Crippen LogP contribution in [0.15, 0.2) is 6.33 Å². The van der Waals surface area contributed by atoms with Crippen LogP contribution < -0.4 is 5.73 Å². The fraction of sp³-hybridized carbons (Fsp3) is 0.545. The SMILES string of the molecule is Cc1nn(C2CCCCO2)c2ncnc(N)c12. The molecule has 3 heterocycles. The molecule has 0 aromatic carbocycles. The van der Waals surface area contributed by atoms with Crippen molar-refractivity contribution in [3.8, 4) is 0 Å². The summed E-state index contributed by atoms with van der Waals surface area (Å²) in [7, 11) is 0. The molecule has 1 aliphatic heterocycles. The predicted molar refractivity (Wildman–Crippen MR) is 63.3 cm³/mol. The number of nitrogens with two attached hydrogens (primary N) is 1. The van der Waals surface area contributed by atoms with Crippen molar-refractivity contribution >= 4 is 16.9 Å². The summed E-state index contributed by atoms with van der Waals surface area (Å²) in [4.78, 5) is 8.27. The van der Waals surface area contributed by atoms with Gasteiger partial charge in [0.15, 0.2) is 11.9 Å². The zero-order chi connectivity index (χ0) is 11.8. The molecule has 2 aromatic heterocycles. The van der Waals surface area contributed by atoms with E-state index in [9.17, 15) is 0 Å². The van der Waals surface area contributed by atoms with Gasteiger partial charge < -0.3 is 10.5 Å². The lowest BCUT2D eigenvalue weighted by atomic mass is 10.2. The monoisotopic (exact) mass is 233 g/mol. The number of hydrogen-bond acceptors (Lipinski definition) is 5. The number of anilines is 1. The molecule has 0 saturated carbocycles. The Hall–Kier alpha value is -1.69. The molecule has 2 N–H and O–H groups in total. The Morgan fingerprint density at radius 1 is 1.41 bits per heavy atom. The van der Waals surface area contributed by atoms with Crippen LogP contribution in [0.4, 0.5) is 5.82 Å². The molecule has 2 aromatic rings. The van der Waals surface area contributed by atoms with Crippen LogP contribution >= 0.6 is 0 Å². The first-order chi connectivity index (χ1) is 8.27. The lowest BCUT2D eigenvalue weighted by molar-refractivity contribution is -0.0371. The summed E-state index contributed by atoms with van der Waals surface area (Å²) in [5, 5.41) is 5.32. The third kappa shape index (κ3) is 1.64. The summed E-state index contributed by atoms with van der Waals surface area (Å²) < 4.78 is 7.56. The van der Waals surface area contributed by atoms with Crippen LogP contribution in [-0.2, 0) is 4.74 Å². The van der Waals surface area contributed by atoms with Crippen LogP contribution in [0.3, 0.4) is 0 Å². The third-order valence-corrected chi connectivity index (χ3v) is 3.12. The van der Waals surface area contributed by atoms with Crippen LogP contribution in [0.5, 0.6) is 0 Å². The molecule has 1 atom stereocenters. The van der Waals surface area contributed by atoms with Crippen molar-refractivity contribution in [2.75, 3.05) is 12.3 Å². The Labute approximate surface area is 98.8 Å². The molecular formula is C11H15N5O.